The van der Waals surface area contributed by atoms with Crippen LogP contribution >= 0.6 is 11.6 Å². The summed E-state index contributed by atoms with van der Waals surface area (Å²) in [7, 11) is -4.07. The van der Waals surface area contributed by atoms with Crippen LogP contribution in [-0.2, 0) is 19.6 Å². The molecule has 0 aromatic heterocycles. The molecule has 12 heteroatoms. The smallest absolute Gasteiger partial charge is 0.340 e. The molecule has 0 radical (unpaired) electrons. The molecular weight excluding hydrogens is 414 g/mol. The molecule has 0 spiro atoms. The van der Waals surface area contributed by atoms with Gasteiger partial charge in [-0.3, -0.25) is 14.9 Å². The number of rotatable bonds is 6. The van der Waals surface area contributed by atoms with Gasteiger partial charge in [0.25, 0.3) is 11.6 Å². The van der Waals surface area contributed by atoms with Crippen molar-refractivity contribution < 1.29 is 27.7 Å². The van der Waals surface area contributed by atoms with E-state index in [1.54, 1.807) is 0 Å². The van der Waals surface area contributed by atoms with Crippen LogP contribution in [0.15, 0.2) is 47.4 Å². The molecule has 2 aromatic rings. The Morgan fingerprint density at radius 2 is 1.93 bits per heavy atom. The lowest BCUT2D eigenvalue weighted by Gasteiger charge is -2.14. The number of nitrogens with zero attached hydrogens (tertiary/aromatic N) is 1. The van der Waals surface area contributed by atoms with Crippen molar-refractivity contribution in [2.45, 2.75) is 17.9 Å². The molecule has 148 valence electrons. The van der Waals surface area contributed by atoms with E-state index in [0.29, 0.717) is 0 Å². The van der Waals surface area contributed by atoms with Gasteiger partial charge >= 0.3 is 5.97 Å². The number of amides is 1. The Balaban J connectivity index is 2.13. The highest BCUT2D eigenvalue weighted by Crippen LogP contribution is 2.22. The number of nitro benzene ring substituents is 1. The number of benzene rings is 2. The summed E-state index contributed by atoms with van der Waals surface area (Å²) in [5.74, 6) is -1.80. The first-order chi connectivity index (χ1) is 13.0. The van der Waals surface area contributed by atoms with E-state index in [9.17, 15) is 28.1 Å². The number of nitrogens with one attached hydrogen (secondary N) is 1. The average Bonchev–Trinajstić information content (AvgIpc) is 2.61. The fourth-order valence-corrected chi connectivity index (χ4v) is 2.79. The number of hydrogen-bond donors (Lipinski definition) is 2. The van der Waals surface area contributed by atoms with Crippen LogP contribution in [0.4, 0.5) is 11.4 Å². The maximum atomic E-state index is 12.2. The second-order valence-corrected chi connectivity index (χ2v) is 7.50. The quantitative estimate of drug-likeness (QED) is 0.405. The van der Waals surface area contributed by atoms with Crippen molar-refractivity contribution in [2.24, 2.45) is 5.14 Å². The molecule has 0 saturated heterocycles. The monoisotopic (exact) mass is 427 g/mol. The fourth-order valence-electron chi connectivity index (χ4n) is 2.06. The molecule has 0 bridgehead atoms. The van der Waals surface area contributed by atoms with Gasteiger partial charge in [0.1, 0.15) is 0 Å². The third-order valence-electron chi connectivity index (χ3n) is 3.46. The zero-order chi connectivity index (χ0) is 21.1. The molecule has 28 heavy (non-hydrogen) atoms. The Kier molecular flexibility index (Phi) is 6.33. The largest absolute Gasteiger partial charge is 0.449 e. The van der Waals surface area contributed by atoms with Crippen LogP contribution in [-0.4, -0.2) is 31.3 Å². The molecule has 0 saturated carbocycles. The van der Waals surface area contributed by atoms with Crippen molar-refractivity contribution in [1.82, 2.24) is 0 Å². The maximum Gasteiger partial charge on any atom is 0.340 e. The summed E-state index contributed by atoms with van der Waals surface area (Å²) in [6.45, 7) is 1.27. The number of carbonyl (C=O) groups is 2. The second kappa shape index (κ2) is 8.33. The number of sulfonamides is 1. The Morgan fingerprint density at radius 3 is 2.54 bits per heavy atom. The van der Waals surface area contributed by atoms with Crippen molar-refractivity contribution in [1.29, 1.82) is 0 Å². The highest BCUT2D eigenvalue weighted by atomic mass is 35.5. The van der Waals surface area contributed by atoms with Gasteiger partial charge < -0.3 is 10.1 Å². The summed E-state index contributed by atoms with van der Waals surface area (Å²) in [5.41, 5.74) is -0.381. The lowest BCUT2D eigenvalue weighted by atomic mass is 10.2. The number of hydrogen-bond acceptors (Lipinski definition) is 7. The second-order valence-electron chi connectivity index (χ2n) is 5.53. The van der Waals surface area contributed by atoms with Crippen LogP contribution in [0.25, 0.3) is 0 Å². The highest BCUT2D eigenvalue weighted by molar-refractivity contribution is 7.89. The number of anilines is 1. The summed E-state index contributed by atoms with van der Waals surface area (Å²) in [5, 5.41) is 18.1. The van der Waals surface area contributed by atoms with Crippen LogP contribution in [0.2, 0.25) is 5.02 Å². The minimum Gasteiger partial charge on any atom is -0.449 e. The van der Waals surface area contributed by atoms with Gasteiger partial charge in [-0.2, -0.15) is 0 Å². The molecule has 0 aliphatic heterocycles. The molecule has 0 heterocycles. The molecule has 0 aliphatic rings. The Hall–Kier alpha value is -3.02. The molecule has 3 N–H and O–H groups in total. The highest BCUT2D eigenvalue weighted by Gasteiger charge is 2.23. The van der Waals surface area contributed by atoms with Gasteiger partial charge in [-0.25, -0.2) is 18.4 Å². The lowest BCUT2D eigenvalue weighted by Crippen LogP contribution is -2.30. The first kappa shape index (κ1) is 21.3. The number of carbonyl (C=O) groups excluding carboxylic acids is 2. The van der Waals surface area contributed by atoms with Crippen LogP contribution in [0.1, 0.15) is 17.3 Å². The van der Waals surface area contributed by atoms with E-state index in [1.807, 2.05) is 0 Å². The molecule has 0 aliphatic carbocycles. The van der Waals surface area contributed by atoms with Crippen molar-refractivity contribution in [3.05, 3.63) is 63.2 Å². The molecule has 1 amide bonds. The first-order valence-corrected chi connectivity index (χ1v) is 9.50. The third-order valence-corrected chi connectivity index (χ3v) is 4.70. The summed E-state index contributed by atoms with van der Waals surface area (Å²) in [6, 6.07) is 8.40. The van der Waals surface area contributed by atoms with E-state index in [-0.39, 0.29) is 26.9 Å². The van der Waals surface area contributed by atoms with Crippen molar-refractivity contribution >= 4 is 44.9 Å². The lowest BCUT2D eigenvalue weighted by molar-refractivity contribution is -0.384. The molecule has 2 rings (SSSR count). The van der Waals surface area contributed by atoms with Crippen LogP contribution in [0, 0.1) is 10.1 Å². The van der Waals surface area contributed by atoms with E-state index >= 15 is 0 Å². The van der Waals surface area contributed by atoms with Gasteiger partial charge in [-0.15, -0.1) is 0 Å². The third kappa shape index (κ3) is 5.25. The fraction of sp³-hybridized carbons (Fsp3) is 0.125. The number of esters is 1. The van der Waals surface area contributed by atoms with Crippen molar-refractivity contribution in [3.8, 4) is 0 Å². The standard InChI is InChI=1S/C16H14ClN3O7S/c1-9(15(21)19-10-3-2-4-11(7-10)20(23)24)27-16(22)13-8-12(28(18,25)26)5-6-14(13)17/h2-9H,1H3,(H,19,21)(H2,18,25,26). The molecular formula is C16H14ClN3O7S. The summed E-state index contributed by atoms with van der Waals surface area (Å²) >= 11 is 5.88. The van der Waals surface area contributed by atoms with Crippen molar-refractivity contribution in [2.75, 3.05) is 5.32 Å². The van der Waals surface area contributed by atoms with Crippen LogP contribution in [0.3, 0.4) is 0 Å². The number of non-ortho nitro benzene ring substituents is 1. The number of nitrogens with two attached hydrogens (primary N) is 1. The number of ether oxygens (including phenoxy) is 1. The summed E-state index contributed by atoms with van der Waals surface area (Å²) < 4.78 is 27.8. The molecule has 1 atom stereocenters. The normalized spacial score (nSPS) is 12.1. The Morgan fingerprint density at radius 1 is 1.25 bits per heavy atom. The summed E-state index contributed by atoms with van der Waals surface area (Å²) in [6.07, 6.45) is -1.30. The Labute approximate surface area is 164 Å². The van der Waals surface area contributed by atoms with E-state index in [4.69, 9.17) is 21.5 Å². The average molecular weight is 428 g/mol. The zero-order valence-corrected chi connectivity index (χ0v) is 15.9. The molecule has 0 fully saturated rings. The summed E-state index contributed by atoms with van der Waals surface area (Å²) in [4.78, 5) is 34.2. The van der Waals surface area contributed by atoms with Gasteiger partial charge in [0.15, 0.2) is 6.10 Å². The molecule has 2 aromatic carbocycles. The minimum absolute atomic E-state index is 0.0938. The topological polar surface area (TPSA) is 159 Å². The van der Waals surface area contributed by atoms with Gasteiger partial charge in [0.2, 0.25) is 10.0 Å². The minimum atomic E-state index is -4.07. The number of nitro groups is 1. The van der Waals surface area contributed by atoms with E-state index in [0.717, 1.165) is 24.3 Å². The van der Waals surface area contributed by atoms with E-state index in [2.05, 4.69) is 5.32 Å². The van der Waals surface area contributed by atoms with Gasteiger partial charge in [0, 0.05) is 17.8 Å². The maximum absolute atomic E-state index is 12.2. The van der Waals surface area contributed by atoms with E-state index < -0.39 is 32.9 Å². The van der Waals surface area contributed by atoms with Crippen LogP contribution < -0.4 is 10.5 Å². The van der Waals surface area contributed by atoms with Crippen molar-refractivity contribution in [3.63, 3.8) is 0 Å². The molecule has 10 nitrogen and oxygen atoms in total. The Bertz CT molecular complexity index is 1060. The predicted molar refractivity (Wildman–Crippen MR) is 99.4 cm³/mol. The SMILES string of the molecule is CC(OC(=O)c1cc(S(N)(=O)=O)ccc1Cl)C(=O)Nc1cccc([N+](=O)[O-])c1. The van der Waals surface area contributed by atoms with Gasteiger partial charge in [0.05, 0.1) is 20.4 Å². The van der Waals surface area contributed by atoms with Gasteiger partial charge in [-0.1, -0.05) is 17.7 Å². The van der Waals surface area contributed by atoms with Crippen LogP contribution in [0.5, 0.6) is 0 Å². The first-order valence-electron chi connectivity index (χ1n) is 7.57. The van der Waals surface area contributed by atoms with E-state index in [1.165, 1.54) is 25.1 Å². The zero-order valence-electron chi connectivity index (χ0n) is 14.3. The number of primary sulfonamides is 1. The number of halogens is 1. The van der Waals surface area contributed by atoms with Gasteiger partial charge in [-0.05, 0) is 31.2 Å². The predicted octanol–water partition coefficient (Wildman–Crippen LogP) is 2.08. The molecule has 1 unspecified atom stereocenters.